The van der Waals surface area contributed by atoms with Crippen molar-refractivity contribution in [1.29, 1.82) is 0 Å². The van der Waals surface area contributed by atoms with Gasteiger partial charge in [0.15, 0.2) is 0 Å². The highest BCUT2D eigenvalue weighted by molar-refractivity contribution is 6.33. The van der Waals surface area contributed by atoms with Crippen LogP contribution in [0.2, 0.25) is 5.02 Å². The van der Waals surface area contributed by atoms with E-state index in [4.69, 9.17) is 11.6 Å². The monoisotopic (exact) mass is 256 g/mol. The number of carbonyl (C=O) groups is 1. The second-order valence-electron chi connectivity index (χ2n) is 3.68. The van der Waals surface area contributed by atoms with Crippen molar-refractivity contribution in [1.82, 2.24) is 5.32 Å². The highest BCUT2D eigenvalue weighted by Crippen LogP contribution is 2.28. The molecule has 0 aliphatic carbocycles. The summed E-state index contributed by atoms with van der Waals surface area (Å²) >= 11 is 5.72. The van der Waals surface area contributed by atoms with E-state index in [1.807, 2.05) is 13.8 Å². The molecular formula is C11H13ClN2O3. The zero-order chi connectivity index (χ0) is 13.0. The molecule has 92 valence electrons. The average Bonchev–Trinajstić information content (AvgIpc) is 2.27. The van der Waals surface area contributed by atoms with Crippen LogP contribution in [-0.4, -0.2) is 16.9 Å². The van der Waals surface area contributed by atoms with Gasteiger partial charge in [0.1, 0.15) is 10.6 Å². The van der Waals surface area contributed by atoms with E-state index in [1.165, 1.54) is 18.2 Å². The van der Waals surface area contributed by atoms with Crippen molar-refractivity contribution >= 4 is 23.2 Å². The van der Waals surface area contributed by atoms with Gasteiger partial charge in [-0.05, 0) is 25.5 Å². The lowest BCUT2D eigenvalue weighted by Gasteiger charge is -2.11. The fourth-order valence-corrected chi connectivity index (χ4v) is 1.53. The summed E-state index contributed by atoms with van der Waals surface area (Å²) < 4.78 is 0. The molecule has 0 spiro atoms. The van der Waals surface area contributed by atoms with Crippen LogP contribution in [0.3, 0.4) is 0 Å². The third-order valence-electron chi connectivity index (χ3n) is 2.40. The Morgan fingerprint density at radius 2 is 2.24 bits per heavy atom. The topological polar surface area (TPSA) is 72.2 Å². The van der Waals surface area contributed by atoms with Gasteiger partial charge in [0.25, 0.3) is 5.91 Å². The van der Waals surface area contributed by atoms with E-state index in [9.17, 15) is 14.9 Å². The summed E-state index contributed by atoms with van der Waals surface area (Å²) in [6.45, 7) is 3.74. The van der Waals surface area contributed by atoms with E-state index in [2.05, 4.69) is 5.32 Å². The van der Waals surface area contributed by atoms with Crippen LogP contribution in [0.15, 0.2) is 18.2 Å². The summed E-state index contributed by atoms with van der Waals surface area (Å²) in [5, 5.41) is 13.5. The number of halogens is 1. The number of amides is 1. The molecule has 1 atom stereocenters. The molecule has 1 amide bonds. The summed E-state index contributed by atoms with van der Waals surface area (Å²) in [7, 11) is 0. The maximum atomic E-state index is 11.8. The number of benzene rings is 1. The Morgan fingerprint density at radius 3 is 2.76 bits per heavy atom. The molecule has 0 aromatic heterocycles. The smallest absolute Gasteiger partial charge is 0.300 e. The van der Waals surface area contributed by atoms with Crippen molar-refractivity contribution in [2.45, 2.75) is 26.3 Å². The molecule has 0 fully saturated rings. The SMILES string of the molecule is CCC(C)NC(=O)c1cccc(Cl)c1[N+](=O)[O-]. The first-order valence-electron chi connectivity index (χ1n) is 5.21. The van der Waals surface area contributed by atoms with Crippen LogP contribution in [0.25, 0.3) is 0 Å². The average molecular weight is 257 g/mol. The fourth-order valence-electron chi connectivity index (χ4n) is 1.29. The Balaban J connectivity index is 3.09. The number of nitro benzene ring substituents is 1. The first-order valence-corrected chi connectivity index (χ1v) is 5.59. The molecule has 0 saturated heterocycles. The number of para-hydroxylation sites is 1. The van der Waals surface area contributed by atoms with Gasteiger partial charge < -0.3 is 5.32 Å². The van der Waals surface area contributed by atoms with Gasteiger partial charge in [-0.25, -0.2) is 0 Å². The highest BCUT2D eigenvalue weighted by Gasteiger charge is 2.23. The van der Waals surface area contributed by atoms with Crippen molar-refractivity contribution in [3.8, 4) is 0 Å². The minimum absolute atomic E-state index is 0.0113. The first kappa shape index (κ1) is 13.4. The number of nitro groups is 1. The van der Waals surface area contributed by atoms with Crippen LogP contribution in [-0.2, 0) is 0 Å². The number of rotatable bonds is 4. The molecule has 1 rings (SSSR count). The molecule has 1 N–H and O–H groups in total. The lowest BCUT2D eigenvalue weighted by Crippen LogP contribution is -2.32. The van der Waals surface area contributed by atoms with Gasteiger partial charge in [-0.3, -0.25) is 14.9 Å². The first-order chi connectivity index (χ1) is 7.97. The third-order valence-corrected chi connectivity index (χ3v) is 2.71. The molecule has 5 nitrogen and oxygen atoms in total. The molecule has 0 radical (unpaired) electrons. The Bertz CT molecular complexity index is 448. The van der Waals surface area contributed by atoms with Gasteiger partial charge in [-0.15, -0.1) is 0 Å². The zero-order valence-corrected chi connectivity index (χ0v) is 10.3. The largest absolute Gasteiger partial charge is 0.349 e. The van der Waals surface area contributed by atoms with Crippen molar-refractivity contribution in [3.63, 3.8) is 0 Å². The van der Waals surface area contributed by atoms with Crippen LogP contribution < -0.4 is 5.32 Å². The Kier molecular flexibility index (Phi) is 4.45. The standard InChI is InChI=1S/C11H13ClN2O3/c1-3-7(2)13-11(15)8-5-4-6-9(12)10(8)14(16)17/h4-7H,3H2,1-2H3,(H,13,15). The van der Waals surface area contributed by atoms with Crippen LogP contribution in [0.4, 0.5) is 5.69 Å². The number of hydrogen-bond donors (Lipinski definition) is 1. The van der Waals surface area contributed by atoms with Crippen LogP contribution >= 0.6 is 11.6 Å². The second kappa shape index (κ2) is 5.63. The molecule has 6 heteroatoms. The maximum Gasteiger partial charge on any atom is 0.300 e. The second-order valence-corrected chi connectivity index (χ2v) is 4.08. The van der Waals surface area contributed by atoms with Gasteiger partial charge in [0, 0.05) is 6.04 Å². The van der Waals surface area contributed by atoms with Gasteiger partial charge in [-0.1, -0.05) is 24.6 Å². The molecule has 0 bridgehead atoms. The number of hydrogen-bond acceptors (Lipinski definition) is 3. The van der Waals surface area contributed by atoms with Gasteiger partial charge in [0.05, 0.1) is 4.92 Å². The van der Waals surface area contributed by atoms with Crippen molar-refractivity contribution in [2.75, 3.05) is 0 Å². The number of carbonyl (C=O) groups excluding carboxylic acids is 1. The predicted molar refractivity (Wildman–Crippen MR) is 65.3 cm³/mol. The van der Waals surface area contributed by atoms with E-state index in [0.29, 0.717) is 0 Å². The minimum atomic E-state index is -0.645. The zero-order valence-electron chi connectivity index (χ0n) is 9.57. The summed E-state index contributed by atoms with van der Waals surface area (Å²) in [6.07, 6.45) is 0.750. The molecular weight excluding hydrogens is 244 g/mol. The van der Waals surface area contributed by atoms with Crippen molar-refractivity contribution in [2.24, 2.45) is 0 Å². The van der Waals surface area contributed by atoms with Crippen LogP contribution in [0.5, 0.6) is 0 Å². The highest BCUT2D eigenvalue weighted by atomic mass is 35.5. The van der Waals surface area contributed by atoms with E-state index >= 15 is 0 Å². The Hall–Kier alpha value is -1.62. The van der Waals surface area contributed by atoms with Gasteiger partial charge >= 0.3 is 5.69 Å². The predicted octanol–water partition coefficient (Wildman–Crippen LogP) is 2.78. The lowest BCUT2D eigenvalue weighted by atomic mass is 10.1. The van der Waals surface area contributed by atoms with Crippen molar-refractivity contribution < 1.29 is 9.72 Å². The fraction of sp³-hybridized carbons (Fsp3) is 0.364. The molecule has 0 aliphatic rings. The summed E-state index contributed by atoms with van der Waals surface area (Å²) in [5.74, 6) is -0.478. The molecule has 17 heavy (non-hydrogen) atoms. The molecule has 0 heterocycles. The maximum absolute atomic E-state index is 11.8. The Morgan fingerprint density at radius 1 is 1.59 bits per heavy atom. The van der Waals surface area contributed by atoms with E-state index in [0.717, 1.165) is 6.42 Å². The van der Waals surface area contributed by atoms with Gasteiger partial charge in [-0.2, -0.15) is 0 Å². The van der Waals surface area contributed by atoms with E-state index < -0.39 is 10.8 Å². The lowest BCUT2D eigenvalue weighted by molar-refractivity contribution is -0.385. The summed E-state index contributed by atoms with van der Waals surface area (Å²) in [5.41, 5.74) is -0.363. The Labute approximate surface area is 104 Å². The third kappa shape index (κ3) is 3.17. The summed E-state index contributed by atoms with van der Waals surface area (Å²) in [4.78, 5) is 22.0. The molecule has 1 aromatic rings. The van der Waals surface area contributed by atoms with E-state index in [-0.39, 0.29) is 22.3 Å². The minimum Gasteiger partial charge on any atom is -0.349 e. The van der Waals surface area contributed by atoms with Gasteiger partial charge in [0.2, 0.25) is 0 Å². The number of nitrogens with one attached hydrogen (secondary N) is 1. The normalized spacial score (nSPS) is 11.9. The van der Waals surface area contributed by atoms with Crippen molar-refractivity contribution in [3.05, 3.63) is 38.9 Å². The quantitative estimate of drug-likeness (QED) is 0.665. The molecule has 0 saturated carbocycles. The van der Waals surface area contributed by atoms with Crippen LogP contribution in [0.1, 0.15) is 30.6 Å². The number of nitrogens with zero attached hydrogens (tertiary/aromatic N) is 1. The van der Waals surface area contributed by atoms with Crippen LogP contribution in [0, 0.1) is 10.1 Å². The molecule has 0 aliphatic heterocycles. The molecule has 1 aromatic carbocycles. The van der Waals surface area contributed by atoms with E-state index in [1.54, 1.807) is 0 Å². The summed E-state index contributed by atoms with van der Waals surface area (Å²) in [6, 6.07) is 4.25. The molecule has 1 unspecified atom stereocenters.